The number of carbonyl (C=O) groups excluding carboxylic acids is 1. The smallest absolute Gasteiger partial charge is 0.258 e. The first-order valence-corrected chi connectivity index (χ1v) is 9.37. The standard InChI is InChI=1S/C18H13BrN4O2S/c1-25-15-5-3-2-4-13(15)14-10-26-18-21-17(22-23(14)18)20-16(24)11-6-8-12(19)9-7-11/h2-10H,1H3,(H,20,22,24). The fraction of sp³-hybridized carbons (Fsp3) is 0.0556. The van der Waals surface area contributed by atoms with Gasteiger partial charge in [0.2, 0.25) is 4.96 Å². The summed E-state index contributed by atoms with van der Waals surface area (Å²) in [6.07, 6.45) is 0. The van der Waals surface area contributed by atoms with Crippen molar-refractivity contribution in [3.63, 3.8) is 0 Å². The first-order chi connectivity index (χ1) is 12.7. The monoisotopic (exact) mass is 428 g/mol. The van der Waals surface area contributed by atoms with Gasteiger partial charge in [-0.25, -0.2) is 4.52 Å². The number of methoxy groups -OCH3 is 1. The third kappa shape index (κ3) is 3.09. The number of fused-ring (bicyclic) bond motifs is 1. The largest absolute Gasteiger partial charge is 0.496 e. The van der Waals surface area contributed by atoms with E-state index in [-0.39, 0.29) is 11.9 Å². The van der Waals surface area contributed by atoms with E-state index in [2.05, 4.69) is 31.3 Å². The van der Waals surface area contributed by atoms with Crippen molar-refractivity contribution in [1.82, 2.24) is 14.6 Å². The highest BCUT2D eigenvalue weighted by atomic mass is 79.9. The lowest BCUT2D eigenvalue weighted by Crippen LogP contribution is -2.13. The molecule has 130 valence electrons. The number of thiazole rings is 1. The summed E-state index contributed by atoms with van der Waals surface area (Å²) in [4.78, 5) is 17.4. The van der Waals surface area contributed by atoms with Gasteiger partial charge in [0.15, 0.2) is 0 Å². The van der Waals surface area contributed by atoms with Gasteiger partial charge in [-0.3, -0.25) is 10.1 Å². The maximum absolute atomic E-state index is 12.3. The van der Waals surface area contributed by atoms with Crippen LogP contribution in [0.5, 0.6) is 5.75 Å². The molecule has 2 heterocycles. The van der Waals surface area contributed by atoms with E-state index >= 15 is 0 Å². The molecule has 26 heavy (non-hydrogen) atoms. The van der Waals surface area contributed by atoms with Crippen molar-refractivity contribution in [3.8, 4) is 17.0 Å². The Kier molecular flexibility index (Phi) is 4.44. The predicted octanol–water partition coefficient (Wildman–Crippen LogP) is 4.48. The summed E-state index contributed by atoms with van der Waals surface area (Å²) in [5, 5.41) is 9.13. The number of hydrogen-bond acceptors (Lipinski definition) is 5. The van der Waals surface area contributed by atoms with Gasteiger partial charge < -0.3 is 4.74 Å². The predicted molar refractivity (Wildman–Crippen MR) is 105 cm³/mol. The van der Waals surface area contributed by atoms with Crippen LogP contribution in [0.3, 0.4) is 0 Å². The lowest BCUT2D eigenvalue weighted by Gasteiger charge is -2.06. The Labute approximate surface area is 161 Å². The zero-order valence-electron chi connectivity index (χ0n) is 13.6. The van der Waals surface area contributed by atoms with Crippen LogP contribution in [-0.2, 0) is 0 Å². The van der Waals surface area contributed by atoms with E-state index in [9.17, 15) is 4.79 Å². The molecule has 0 bridgehead atoms. The third-order valence-corrected chi connectivity index (χ3v) is 5.14. The molecule has 0 aliphatic rings. The number of ether oxygens (including phenoxy) is 1. The first kappa shape index (κ1) is 16.7. The Bertz CT molecular complexity index is 1090. The van der Waals surface area contributed by atoms with E-state index in [0.717, 1.165) is 21.5 Å². The second-order valence-corrected chi connectivity index (χ2v) is 7.16. The number of nitrogens with zero attached hydrogens (tertiary/aromatic N) is 3. The van der Waals surface area contributed by atoms with Crippen molar-refractivity contribution in [2.75, 3.05) is 12.4 Å². The van der Waals surface area contributed by atoms with E-state index in [1.165, 1.54) is 11.3 Å². The van der Waals surface area contributed by atoms with Crippen molar-refractivity contribution in [1.29, 1.82) is 0 Å². The second kappa shape index (κ2) is 6.89. The highest BCUT2D eigenvalue weighted by Crippen LogP contribution is 2.32. The number of halogens is 1. The molecule has 0 saturated heterocycles. The zero-order valence-corrected chi connectivity index (χ0v) is 16.0. The first-order valence-electron chi connectivity index (χ1n) is 7.70. The summed E-state index contributed by atoms with van der Waals surface area (Å²) in [6, 6.07) is 14.8. The molecule has 0 aliphatic carbocycles. The van der Waals surface area contributed by atoms with Crippen molar-refractivity contribution in [2.24, 2.45) is 0 Å². The average molecular weight is 429 g/mol. The van der Waals surface area contributed by atoms with Gasteiger partial charge in [0.25, 0.3) is 11.9 Å². The third-order valence-electron chi connectivity index (χ3n) is 3.80. The van der Waals surface area contributed by atoms with Gasteiger partial charge >= 0.3 is 0 Å². The van der Waals surface area contributed by atoms with E-state index in [0.29, 0.717) is 10.5 Å². The Morgan fingerprint density at radius 1 is 1.19 bits per heavy atom. The molecule has 1 amide bonds. The van der Waals surface area contributed by atoms with Crippen LogP contribution in [0.25, 0.3) is 16.2 Å². The summed E-state index contributed by atoms with van der Waals surface area (Å²) in [6.45, 7) is 0. The zero-order chi connectivity index (χ0) is 18.1. The van der Waals surface area contributed by atoms with Gasteiger partial charge in [0.1, 0.15) is 5.75 Å². The van der Waals surface area contributed by atoms with E-state index in [1.54, 1.807) is 23.8 Å². The molecule has 0 unspecified atom stereocenters. The minimum absolute atomic E-state index is 0.255. The SMILES string of the molecule is COc1ccccc1-c1csc2nc(NC(=O)c3ccc(Br)cc3)nn12. The summed E-state index contributed by atoms with van der Waals surface area (Å²) in [7, 11) is 1.63. The number of benzene rings is 2. The molecule has 0 fully saturated rings. The van der Waals surface area contributed by atoms with Gasteiger partial charge in [-0.2, -0.15) is 4.98 Å². The number of hydrogen-bond donors (Lipinski definition) is 1. The van der Waals surface area contributed by atoms with Crippen molar-refractivity contribution in [3.05, 3.63) is 63.9 Å². The molecule has 0 aliphatic heterocycles. The molecule has 2 aromatic heterocycles. The molecule has 4 rings (SSSR count). The van der Waals surface area contributed by atoms with Gasteiger partial charge in [-0.05, 0) is 36.4 Å². The molecule has 0 saturated carbocycles. The summed E-state index contributed by atoms with van der Waals surface area (Å²) in [5.74, 6) is 0.763. The Balaban J connectivity index is 1.66. The molecule has 0 spiro atoms. The maximum Gasteiger partial charge on any atom is 0.258 e. The summed E-state index contributed by atoms with van der Waals surface area (Å²) >= 11 is 4.80. The highest BCUT2D eigenvalue weighted by molar-refractivity contribution is 9.10. The number of rotatable bonds is 4. The van der Waals surface area contributed by atoms with Crippen LogP contribution >= 0.6 is 27.3 Å². The second-order valence-electron chi connectivity index (χ2n) is 5.41. The highest BCUT2D eigenvalue weighted by Gasteiger charge is 2.16. The van der Waals surface area contributed by atoms with Crippen LogP contribution in [0.4, 0.5) is 5.95 Å². The number of aromatic nitrogens is 3. The normalized spacial score (nSPS) is 10.8. The van der Waals surface area contributed by atoms with Crippen molar-refractivity contribution < 1.29 is 9.53 Å². The Hall–Kier alpha value is -2.71. The van der Waals surface area contributed by atoms with Gasteiger partial charge in [0, 0.05) is 21.0 Å². The molecular weight excluding hydrogens is 416 g/mol. The molecular formula is C18H13BrN4O2S. The van der Waals surface area contributed by atoms with Crippen LogP contribution in [0, 0.1) is 0 Å². The number of carbonyl (C=O) groups is 1. The Morgan fingerprint density at radius 2 is 1.96 bits per heavy atom. The van der Waals surface area contributed by atoms with E-state index in [1.807, 2.05) is 41.8 Å². The van der Waals surface area contributed by atoms with Crippen LogP contribution < -0.4 is 10.1 Å². The van der Waals surface area contributed by atoms with Crippen LogP contribution in [0.15, 0.2) is 58.4 Å². The minimum Gasteiger partial charge on any atom is -0.496 e. The lowest BCUT2D eigenvalue weighted by molar-refractivity contribution is 0.102. The molecule has 2 aromatic carbocycles. The van der Waals surface area contributed by atoms with Crippen molar-refractivity contribution in [2.45, 2.75) is 0 Å². The number of para-hydroxylation sites is 1. The molecule has 6 nitrogen and oxygen atoms in total. The van der Waals surface area contributed by atoms with Crippen molar-refractivity contribution >= 4 is 44.1 Å². The molecule has 8 heteroatoms. The summed E-state index contributed by atoms with van der Waals surface area (Å²) < 4.78 is 8.05. The van der Waals surface area contributed by atoms with Crippen LogP contribution in [-0.4, -0.2) is 27.6 Å². The molecule has 0 radical (unpaired) electrons. The quantitative estimate of drug-likeness (QED) is 0.520. The van der Waals surface area contributed by atoms with E-state index < -0.39 is 0 Å². The van der Waals surface area contributed by atoms with Gasteiger partial charge in [0.05, 0.1) is 12.8 Å². The lowest BCUT2D eigenvalue weighted by atomic mass is 10.1. The molecule has 4 aromatic rings. The fourth-order valence-corrected chi connectivity index (χ4v) is 3.64. The maximum atomic E-state index is 12.3. The van der Waals surface area contributed by atoms with E-state index in [4.69, 9.17) is 4.74 Å². The average Bonchev–Trinajstić information content (AvgIpc) is 3.22. The van der Waals surface area contributed by atoms with Crippen LogP contribution in [0.1, 0.15) is 10.4 Å². The number of nitrogens with one attached hydrogen (secondary N) is 1. The minimum atomic E-state index is -0.255. The van der Waals surface area contributed by atoms with Gasteiger partial charge in [-0.15, -0.1) is 16.4 Å². The molecule has 0 atom stereocenters. The number of amides is 1. The molecule has 1 N–H and O–H groups in total. The Morgan fingerprint density at radius 3 is 2.73 bits per heavy atom. The fourth-order valence-electron chi connectivity index (χ4n) is 2.55. The summed E-state index contributed by atoms with van der Waals surface area (Å²) in [5.41, 5.74) is 2.31. The topological polar surface area (TPSA) is 68.5 Å². The number of anilines is 1. The van der Waals surface area contributed by atoms with Crippen LogP contribution in [0.2, 0.25) is 0 Å². The van der Waals surface area contributed by atoms with Gasteiger partial charge in [-0.1, -0.05) is 28.1 Å².